The lowest BCUT2D eigenvalue weighted by Gasteiger charge is -2.30. The third-order valence-electron chi connectivity index (χ3n) is 4.72. The maximum atomic E-state index is 12.5. The number of benzene rings is 2. The van der Waals surface area contributed by atoms with Crippen LogP contribution < -0.4 is 9.88 Å². The molecule has 2 rings (SSSR count). The van der Waals surface area contributed by atoms with Crippen molar-refractivity contribution >= 4 is 10.0 Å². The number of primary sulfonamides is 1. The zero-order chi connectivity index (χ0) is 19.2. The molecule has 0 aliphatic rings. The van der Waals surface area contributed by atoms with E-state index >= 15 is 0 Å². The molecule has 0 fully saturated rings. The molecule has 0 radical (unpaired) electrons. The average Bonchev–Trinajstić information content (AvgIpc) is 2.61. The number of methoxy groups -OCH3 is 1. The van der Waals surface area contributed by atoms with Crippen LogP contribution in [0.4, 0.5) is 0 Å². The van der Waals surface area contributed by atoms with Crippen LogP contribution in [-0.2, 0) is 16.4 Å². The summed E-state index contributed by atoms with van der Waals surface area (Å²) in [5, 5.41) is 4.98. The summed E-state index contributed by atoms with van der Waals surface area (Å²) in [6.07, 6.45) is 2.92. The standard InChI is InChI=1S/C21H27NO3S/c1-4-8-16(2)21(26(22,23)24)20(18-9-6-5-7-10-18)15-17-11-13-19(25-3)14-12-17/h4-7,9-14,16,20-21H,1,8,15H2,2-3H3,(H2,22,23,24). The molecule has 26 heavy (non-hydrogen) atoms. The quantitative estimate of drug-likeness (QED) is 0.678. The van der Waals surface area contributed by atoms with Gasteiger partial charge in [0.1, 0.15) is 5.75 Å². The van der Waals surface area contributed by atoms with Crippen molar-refractivity contribution in [2.24, 2.45) is 11.1 Å². The number of hydrogen-bond acceptors (Lipinski definition) is 3. The van der Waals surface area contributed by atoms with Crippen molar-refractivity contribution in [1.82, 2.24) is 0 Å². The molecule has 0 spiro atoms. The second kappa shape index (κ2) is 9.01. The maximum Gasteiger partial charge on any atom is 0.212 e. The lowest BCUT2D eigenvalue weighted by molar-refractivity contribution is 0.414. The van der Waals surface area contributed by atoms with Crippen LogP contribution in [0.25, 0.3) is 0 Å². The summed E-state index contributed by atoms with van der Waals surface area (Å²) in [6, 6.07) is 17.4. The number of hydrogen-bond donors (Lipinski definition) is 1. The van der Waals surface area contributed by atoms with Gasteiger partial charge < -0.3 is 4.74 Å². The molecule has 0 aliphatic heterocycles. The third-order valence-corrected chi connectivity index (χ3v) is 6.27. The molecule has 0 saturated carbocycles. The van der Waals surface area contributed by atoms with Gasteiger partial charge in [-0.1, -0.05) is 55.5 Å². The number of nitrogens with two attached hydrogens (primary N) is 1. The molecule has 0 aliphatic carbocycles. The molecule has 140 valence electrons. The van der Waals surface area contributed by atoms with Crippen LogP contribution in [0.2, 0.25) is 0 Å². The van der Waals surface area contributed by atoms with Crippen LogP contribution in [0.1, 0.15) is 30.4 Å². The summed E-state index contributed by atoms with van der Waals surface area (Å²) in [7, 11) is -2.12. The highest BCUT2D eigenvalue weighted by molar-refractivity contribution is 7.89. The third kappa shape index (κ3) is 5.19. The second-order valence-corrected chi connectivity index (χ2v) is 8.35. The van der Waals surface area contributed by atoms with Gasteiger partial charge in [-0.05, 0) is 42.0 Å². The van der Waals surface area contributed by atoms with Crippen molar-refractivity contribution in [2.45, 2.75) is 30.9 Å². The first-order chi connectivity index (χ1) is 12.4. The molecule has 0 amide bonds. The predicted octanol–water partition coefficient (Wildman–Crippen LogP) is 3.89. The van der Waals surface area contributed by atoms with Gasteiger partial charge in [0.05, 0.1) is 12.4 Å². The lowest BCUT2D eigenvalue weighted by Crippen LogP contribution is -2.39. The van der Waals surface area contributed by atoms with E-state index in [9.17, 15) is 8.42 Å². The van der Waals surface area contributed by atoms with Crippen molar-refractivity contribution in [1.29, 1.82) is 0 Å². The Morgan fingerprint density at radius 3 is 2.23 bits per heavy atom. The number of ether oxygens (including phenoxy) is 1. The molecule has 3 unspecified atom stereocenters. The predicted molar refractivity (Wildman–Crippen MR) is 107 cm³/mol. The van der Waals surface area contributed by atoms with Crippen LogP contribution in [0.3, 0.4) is 0 Å². The molecular formula is C21H27NO3S. The van der Waals surface area contributed by atoms with Crippen LogP contribution in [0.15, 0.2) is 67.3 Å². The van der Waals surface area contributed by atoms with Crippen molar-refractivity contribution < 1.29 is 13.2 Å². The molecule has 0 heterocycles. The summed E-state index contributed by atoms with van der Waals surface area (Å²) < 4.78 is 30.2. The highest BCUT2D eigenvalue weighted by atomic mass is 32.2. The highest BCUT2D eigenvalue weighted by Crippen LogP contribution is 2.34. The van der Waals surface area contributed by atoms with E-state index < -0.39 is 15.3 Å². The fourth-order valence-corrected chi connectivity index (χ4v) is 4.96. The first kappa shape index (κ1) is 20.2. The Bertz CT molecular complexity index is 801. The SMILES string of the molecule is C=CCC(C)C(C(Cc1ccc(OC)cc1)c1ccccc1)S(N)(=O)=O. The summed E-state index contributed by atoms with van der Waals surface area (Å²) in [4.78, 5) is 0. The minimum atomic E-state index is -3.74. The van der Waals surface area contributed by atoms with Gasteiger partial charge in [-0.2, -0.15) is 0 Å². The molecule has 5 heteroatoms. The van der Waals surface area contributed by atoms with Crippen molar-refractivity contribution in [3.05, 3.63) is 78.4 Å². The van der Waals surface area contributed by atoms with Crippen LogP contribution in [0, 0.1) is 5.92 Å². The first-order valence-electron chi connectivity index (χ1n) is 8.67. The molecule has 0 bridgehead atoms. The smallest absolute Gasteiger partial charge is 0.212 e. The van der Waals surface area contributed by atoms with E-state index in [4.69, 9.17) is 9.88 Å². The largest absolute Gasteiger partial charge is 0.497 e. The molecule has 2 N–H and O–H groups in total. The highest BCUT2D eigenvalue weighted by Gasteiger charge is 2.36. The Morgan fingerprint density at radius 1 is 1.12 bits per heavy atom. The van der Waals surface area contributed by atoms with Crippen molar-refractivity contribution in [3.8, 4) is 5.75 Å². The number of rotatable bonds is 9. The second-order valence-electron chi connectivity index (χ2n) is 6.62. The van der Waals surface area contributed by atoms with Gasteiger partial charge in [0.15, 0.2) is 0 Å². The van der Waals surface area contributed by atoms with Crippen LogP contribution in [0.5, 0.6) is 5.75 Å². The molecular weight excluding hydrogens is 346 g/mol. The van der Waals surface area contributed by atoms with Gasteiger partial charge in [-0.3, -0.25) is 0 Å². The first-order valence-corrected chi connectivity index (χ1v) is 10.3. The monoisotopic (exact) mass is 373 g/mol. The fraction of sp³-hybridized carbons (Fsp3) is 0.333. The van der Waals surface area contributed by atoms with E-state index in [1.54, 1.807) is 13.2 Å². The number of sulfonamides is 1. The Balaban J connectivity index is 2.45. The van der Waals surface area contributed by atoms with Crippen LogP contribution in [-0.4, -0.2) is 20.8 Å². The Hall–Kier alpha value is -2.11. The zero-order valence-corrected chi connectivity index (χ0v) is 16.2. The number of allylic oxidation sites excluding steroid dienone is 1. The molecule has 0 saturated heterocycles. The average molecular weight is 374 g/mol. The van der Waals surface area contributed by atoms with Gasteiger partial charge in [0.2, 0.25) is 10.0 Å². The van der Waals surface area contributed by atoms with Gasteiger partial charge in [-0.25, -0.2) is 13.6 Å². The van der Waals surface area contributed by atoms with Crippen LogP contribution >= 0.6 is 0 Å². The minimum absolute atomic E-state index is 0.133. The van der Waals surface area contributed by atoms with Gasteiger partial charge in [-0.15, -0.1) is 6.58 Å². The Morgan fingerprint density at radius 2 is 1.73 bits per heavy atom. The topological polar surface area (TPSA) is 69.4 Å². The molecule has 2 aromatic carbocycles. The van der Waals surface area contributed by atoms with E-state index in [0.717, 1.165) is 16.9 Å². The van der Waals surface area contributed by atoms with E-state index in [1.165, 1.54) is 0 Å². The molecule has 2 aromatic rings. The molecule has 3 atom stereocenters. The van der Waals surface area contributed by atoms with E-state index in [2.05, 4.69) is 6.58 Å². The minimum Gasteiger partial charge on any atom is -0.497 e. The maximum absolute atomic E-state index is 12.5. The molecule has 4 nitrogen and oxygen atoms in total. The summed E-state index contributed by atoms with van der Waals surface area (Å²) in [5.74, 6) is 0.397. The lowest BCUT2D eigenvalue weighted by atomic mass is 9.83. The van der Waals surface area contributed by atoms with Gasteiger partial charge in [0, 0.05) is 5.92 Å². The van der Waals surface area contributed by atoms with Crippen molar-refractivity contribution in [2.75, 3.05) is 7.11 Å². The summed E-state index contributed by atoms with van der Waals surface area (Å²) in [6.45, 7) is 5.67. The van der Waals surface area contributed by atoms with Crippen molar-refractivity contribution in [3.63, 3.8) is 0 Å². The Labute approximate surface area is 156 Å². The summed E-state index contributed by atoms with van der Waals surface area (Å²) in [5.41, 5.74) is 2.01. The summed E-state index contributed by atoms with van der Waals surface area (Å²) >= 11 is 0. The normalized spacial score (nSPS) is 15.0. The zero-order valence-electron chi connectivity index (χ0n) is 15.3. The fourth-order valence-electron chi connectivity index (χ4n) is 3.49. The van der Waals surface area contributed by atoms with Gasteiger partial charge in [0.25, 0.3) is 0 Å². The molecule has 0 aromatic heterocycles. The van der Waals surface area contributed by atoms with Gasteiger partial charge >= 0.3 is 0 Å². The van der Waals surface area contributed by atoms with E-state index in [-0.39, 0.29) is 11.8 Å². The Kier molecular flexibility index (Phi) is 7.00. The van der Waals surface area contributed by atoms with E-state index in [0.29, 0.717) is 12.8 Å². The van der Waals surface area contributed by atoms with E-state index in [1.807, 2.05) is 61.5 Å².